The van der Waals surface area contributed by atoms with Crippen LogP contribution in [0.1, 0.15) is 0 Å². The van der Waals surface area contributed by atoms with Gasteiger partial charge in [0, 0.05) is 32.9 Å². The van der Waals surface area contributed by atoms with E-state index in [1.807, 2.05) is 0 Å². The Morgan fingerprint density at radius 1 is 0.391 bits per heavy atom. The highest BCUT2D eigenvalue weighted by Crippen LogP contribution is 2.47. The van der Waals surface area contributed by atoms with E-state index in [-0.39, 0.29) is 0 Å². The molecule has 0 N–H and O–H groups in total. The highest BCUT2D eigenvalue weighted by molar-refractivity contribution is 6.23. The Bertz CT molecular complexity index is 2520. The van der Waals surface area contributed by atoms with Gasteiger partial charge in [-0.25, -0.2) is 0 Å². The minimum atomic E-state index is 0.889. The van der Waals surface area contributed by atoms with Crippen LogP contribution >= 0.6 is 0 Å². The van der Waals surface area contributed by atoms with E-state index in [2.05, 4.69) is 181 Å². The van der Waals surface area contributed by atoms with Gasteiger partial charge in [0.15, 0.2) is 0 Å². The van der Waals surface area contributed by atoms with Crippen LogP contribution in [-0.4, -0.2) is 0 Å². The fraction of sp³-hybridized carbons (Fsp3) is 0. The smallest absolute Gasteiger partial charge is 0.143 e. The van der Waals surface area contributed by atoms with Crippen LogP contribution in [0.15, 0.2) is 180 Å². The molecule has 9 rings (SSSR count). The molecule has 0 saturated carbocycles. The van der Waals surface area contributed by atoms with Gasteiger partial charge < -0.3 is 9.32 Å². The zero-order chi connectivity index (χ0) is 30.5. The standard InChI is InChI=1S/C44H29NO/c1-3-14-30(15-4-1)32-18-11-21-34(28-32)45(33-19-5-2-6-20-33)41-29-40-43-38(36-25-12-17-31-16-7-8-22-35(31)36)26-13-27-42(43)46-44(40)39-24-10-9-23-37(39)41/h1-29H. The number of anilines is 3. The summed E-state index contributed by atoms with van der Waals surface area (Å²) in [6.07, 6.45) is 0. The molecule has 0 fully saturated rings. The predicted molar refractivity (Wildman–Crippen MR) is 194 cm³/mol. The van der Waals surface area contributed by atoms with E-state index >= 15 is 0 Å². The van der Waals surface area contributed by atoms with Gasteiger partial charge in [0.1, 0.15) is 11.2 Å². The third-order valence-corrected chi connectivity index (χ3v) is 9.03. The number of nitrogens with zero attached hydrogens (tertiary/aromatic N) is 1. The van der Waals surface area contributed by atoms with E-state index in [9.17, 15) is 0 Å². The largest absolute Gasteiger partial charge is 0.455 e. The van der Waals surface area contributed by atoms with Crippen molar-refractivity contribution < 1.29 is 4.42 Å². The normalized spacial score (nSPS) is 11.5. The summed E-state index contributed by atoms with van der Waals surface area (Å²) in [5, 5.41) is 6.92. The molecular weight excluding hydrogens is 558 g/mol. The molecule has 9 aromatic rings. The summed E-state index contributed by atoms with van der Waals surface area (Å²) in [5.74, 6) is 0. The fourth-order valence-electron chi connectivity index (χ4n) is 6.96. The van der Waals surface area contributed by atoms with Gasteiger partial charge in [0.25, 0.3) is 0 Å². The van der Waals surface area contributed by atoms with Crippen molar-refractivity contribution in [2.75, 3.05) is 4.90 Å². The van der Waals surface area contributed by atoms with Crippen LogP contribution in [0, 0.1) is 0 Å². The number of furan rings is 1. The van der Waals surface area contributed by atoms with Crippen LogP contribution in [0.3, 0.4) is 0 Å². The third-order valence-electron chi connectivity index (χ3n) is 9.03. The zero-order valence-electron chi connectivity index (χ0n) is 25.1. The van der Waals surface area contributed by atoms with E-state index < -0.39 is 0 Å². The number of para-hydroxylation sites is 1. The number of hydrogen-bond donors (Lipinski definition) is 0. The third kappa shape index (κ3) is 4.27. The lowest BCUT2D eigenvalue weighted by molar-refractivity contribution is 0.673. The molecule has 0 spiro atoms. The van der Waals surface area contributed by atoms with Gasteiger partial charge in [-0.15, -0.1) is 0 Å². The number of fused-ring (bicyclic) bond motifs is 6. The molecule has 2 heteroatoms. The van der Waals surface area contributed by atoms with Gasteiger partial charge in [-0.2, -0.15) is 0 Å². The highest BCUT2D eigenvalue weighted by Gasteiger charge is 2.22. The van der Waals surface area contributed by atoms with Crippen molar-refractivity contribution in [1.29, 1.82) is 0 Å². The first kappa shape index (κ1) is 26.3. The van der Waals surface area contributed by atoms with E-state index in [1.54, 1.807) is 0 Å². The van der Waals surface area contributed by atoms with Crippen LogP contribution < -0.4 is 4.90 Å². The molecule has 0 amide bonds. The Hall–Kier alpha value is -6.12. The minimum Gasteiger partial charge on any atom is -0.455 e. The second kappa shape index (κ2) is 10.8. The van der Waals surface area contributed by atoms with Crippen LogP contribution in [-0.2, 0) is 0 Å². The Morgan fingerprint density at radius 2 is 1.00 bits per heavy atom. The summed E-state index contributed by atoms with van der Waals surface area (Å²) in [6, 6.07) is 62.6. The van der Waals surface area contributed by atoms with Crippen molar-refractivity contribution in [3.05, 3.63) is 176 Å². The lowest BCUT2D eigenvalue weighted by Crippen LogP contribution is -2.10. The molecule has 216 valence electrons. The van der Waals surface area contributed by atoms with Crippen LogP contribution in [0.2, 0.25) is 0 Å². The summed E-state index contributed by atoms with van der Waals surface area (Å²) in [6.45, 7) is 0. The van der Waals surface area contributed by atoms with Gasteiger partial charge in [-0.05, 0) is 69.4 Å². The summed E-state index contributed by atoms with van der Waals surface area (Å²) in [4.78, 5) is 2.38. The lowest BCUT2D eigenvalue weighted by atomic mass is 9.93. The first-order valence-corrected chi connectivity index (χ1v) is 15.7. The first-order chi connectivity index (χ1) is 22.8. The molecule has 1 heterocycles. The Labute approximate surface area is 267 Å². The van der Waals surface area contributed by atoms with Crippen molar-refractivity contribution in [3.8, 4) is 22.3 Å². The fourth-order valence-corrected chi connectivity index (χ4v) is 6.96. The minimum absolute atomic E-state index is 0.889. The maximum atomic E-state index is 6.74. The second-order valence-electron chi connectivity index (χ2n) is 11.7. The predicted octanol–water partition coefficient (Wildman–Crippen LogP) is 12.7. The van der Waals surface area contributed by atoms with Crippen LogP contribution in [0.25, 0.3) is 65.7 Å². The van der Waals surface area contributed by atoms with Crippen molar-refractivity contribution >= 4 is 60.5 Å². The van der Waals surface area contributed by atoms with E-state index in [0.29, 0.717) is 0 Å². The Balaban J connectivity index is 1.36. The number of hydrogen-bond acceptors (Lipinski definition) is 2. The van der Waals surface area contributed by atoms with Gasteiger partial charge >= 0.3 is 0 Å². The van der Waals surface area contributed by atoms with Gasteiger partial charge in [0.05, 0.1) is 5.69 Å². The Morgan fingerprint density at radius 3 is 1.85 bits per heavy atom. The van der Waals surface area contributed by atoms with Gasteiger partial charge in [-0.1, -0.05) is 140 Å². The van der Waals surface area contributed by atoms with Gasteiger partial charge in [0.2, 0.25) is 0 Å². The molecule has 0 aliphatic rings. The van der Waals surface area contributed by atoms with Crippen molar-refractivity contribution in [2.45, 2.75) is 0 Å². The molecular formula is C44H29NO. The first-order valence-electron chi connectivity index (χ1n) is 15.7. The number of benzene rings is 8. The van der Waals surface area contributed by atoms with Crippen LogP contribution in [0.5, 0.6) is 0 Å². The van der Waals surface area contributed by atoms with Gasteiger partial charge in [-0.3, -0.25) is 0 Å². The number of rotatable bonds is 5. The molecule has 0 radical (unpaired) electrons. The molecule has 0 bridgehead atoms. The second-order valence-corrected chi connectivity index (χ2v) is 11.7. The lowest BCUT2D eigenvalue weighted by Gasteiger charge is -2.27. The molecule has 0 aliphatic carbocycles. The molecule has 1 aromatic heterocycles. The van der Waals surface area contributed by atoms with E-state index in [4.69, 9.17) is 4.42 Å². The summed E-state index contributed by atoms with van der Waals surface area (Å²) in [5.41, 5.74) is 9.85. The Kier molecular flexibility index (Phi) is 6.17. The SMILES string of the molecule is c1ccc(-c2cccc(N(c3ccccc3)c3cc4c(oc5cccc(-c6cccc7ccccc67)c54)c4ccccc34)c2)cc1. The molecule has 46 heavy (non-hydrogen) atoms. The van der Waals surface area contributed by atoms with Crippen molar-refractivity contribution in [2.24, 2.45) is 0 Å². The summed E-state index contributed by atoms with van der Waals surface area (Å²) >= 11 is 0. The topological polar surface area (TPSA) is 16.4 Å². The average Bonchev–Trinajstić information content (AvgIpc) is 3.52. The maximum absolute atomic E-state index is 6.74. The van der Waals surface area contributed by atoms with Crippen molar-refractivity contribution in [3.63, 3.8) is 0 Å². The molecule has 8 aromatic carbocycles. The maximum Gasteiger partial charge on any atom is 0.143 e. The highest BCUT2D eigenvalue weighted by atomic mass is 16.3. The molecule has 0 aliphatic heterocycles. The average molecular weight is 588 g/mol. The summed E-state index contributed by atoms with van der Waals surface area (Å²) in [7, 11) is 0. The molecule has 0 unspecified atom stereocenters. The molecule has 0 atom stereocenters. The quantitative estimate of drug-likeness (QED) is 0.199. The van der Waals surface area contributed by atoms with Crippen molar-refractivity contribution in [1.82, 2.24) is 0 Å². The van der Waals surface area contributed by atoms with E-state index in [1.165, 1.54) is 33.0 Å². The zero-order valence-corrected chi connectivity index (χ0v) is 25.1. The van der Waals surface area contributed by atoms with Crippen LogP contribution in [0.4, 0.5) is 17.1 Å². The molecule has 0 saturated heterocycles. The monoisotopic (exact) mass is 587 g/mol. The summed E-state index contributed by atoms with van der Waals surface area (Å²) < 4.78 is 6.74. The van der Waals surface area contributed by atoms with E-state index in [0.717, 1.165) is 49.8 Å². The molecule has 2 nitrogen and oxygen atoms in total.